The van der Waals surface area contributed by atoms with Crippen LogP contribution in [0.15, 0.2) is 182 Å². The van der Waals surface area contributed by atoms with Gasteiger partial charge in [0.1, 0.15) is 0 Å². The Bertz CT molecular complexity index is 4030. The van der Waals surface area contributed by atoms with Gasteiger partial charge in [-0.1, -0.05) is 169 Å². The van der Waals surface area contributed by atoms with Crippen molar-refractivity contribution < 1.29 is 23.3 Å². The molecule has 0 aliphatic carbocycles. The first kappa shape index (κ1) is 15.8. The number of hydrogen-bond acceptors (Lipinski definition) is 0. The van der Waals surface area contributed by atoms with Crippen LogP contribution in [-0.2, 0) is 0 Å². The van der Waals surface area contributed by atoms with Gasteiger partial charge in [-0.25, -0.2) is 0 Å². The molecule has 11 aromatic rings. The third kappa shape index (κ3) is 4.00. The lowest BCUT2D eigenvalue weighted by Gasteiger charge is -2.18. The van der Waals surface area contributed by atoms with Crippen molar-refractivity contribution >= 4 is 64.6 Å². The Kier molecular flexibility index (Phi) is 3.32. The summed E-state index contributed by atoms with van der Waals surface area (Å²) in [5, 5.41) is 0.431. The number of benzene rings is 11. The summed E-state index contributed by atoms with van der Waals surface area (Å²) in [6.45, 7) is 0. The van der Waals surface area contributed by atoms with Gasteiger partial charge in [0.25, 0.3) is 0 Å². The fourth-order valence-electron chi connectivity index (χ4n) is 7.28. The van der Waals surface area contributed by atoms with Crippen LogP contribution in [0.2, 0.25) is 0 Å². The van der Waals surface area contributed by atoms with Crippen LogP contribution in [0.4, 0.5) is 0 Å². The zero-order valence-corrected chi connectivity index (χ0v) is 26.0. The van der Waals surface area contributed by atoms with Crippen LogP contribution in [0.5, 0.6) is 0 Å². The van der Waals surface area contributed by atoms with Gasteiger partial charge in [0.2, 0.25) is 0 Å². The molecule has 0 radical (unpaired) electrons. The van der Waals surface area contributed by atoms with Crippen LogP contribution in [-0.4, -0.2) is 0 Å². The van der Waals surface area contributed by atoms with E-state index in [-0.39, 0.29) is 101 Å². The second kappa shape index (κ2) is 10.5. The SMILES string of the molecule is [2H]c1c(-c2cccc(-c3ccc(-c4c([2H])c([2H])c5c([2H])c([2H])c6c([2H])c([2H])c([2H])c7c([2H])c([2H])c4c5c67)c(-c4ccccc4)c3)c2)c2cc([2H])c3c([2H])c([2H])c([2H])c4c([2H])c([2H])c(c1[2H])c2c34. The van der Waals surface area contributed by atoms with Crippen LogP contribution >= 0.6 is 0 Å². The van der Waals surface area contributed by atoms with Crippen molar-refractivity contribution in [3.05, 3.63) is 182 Å². The molecule has 11 aromatic carbocycles. The van der Waals surface area contributed by atoms with E-state index in [2.05, 4.69) is 0 Å². The highest BCUT2D eigenvalue weighted by Gasteiger charge is 2.17. The predicted octanol–water partition coefficient (Wildman–Crippen LogP) is 14.1. The van der Waals surface area contributed by atoms with E-state index in [0.717, 1.165) is 0 Å². The van der Waals surface area contributed by atoms with E-state index in [9.17, 15) is 6.85 Å². The highest BCUT2D eigenvalue weighted by atomic mass is 14.2. The van der Waals surface area contributed by atoms with E-state index in [1.54, 1.807) is 30.3 Å². The highest BCUT2D eigenvalue weighted by Crippen LogP contribution is 2.44. The van der Waals surface area contributed by atoms with Gasteiger partial charge in [-0.15, -0.1) is 0 Å². The molecule has 0 N–H and O–H groups in total. The summed E-state index contributed by atoms with van der Waals surface area (Å²) in [5.41, 5.74) is 3.72. The van der Waals surface area contributed by atoms with E-state index in [1.807, 2.05) is 42.5 Å². The van der Waals surface area contributed by atoms with Crippen LogP contribution in [0, 0.1) is 0 Å². The lowest BCUT2D eigenvalue weighted by Crippen LogP contribution is -1.91. The summed E-state index contributed by atoms with van der Waals surface area (Å²) in [5.74, 6) is 0. The predicted molar refractivity (Wildman–Crippen MR) is 216 cm³/mol. The van der Waals surface area contributed by atoms with E-state index in [0.29, 0.717) is 38.8 Å². The molecule has 0 saturated heterocycles. The maximum absolute atomic E-state index is 9.48. The van der Waals surface area contributed by atoms with Gasteiger partial charge in [-0.2, -0.15) is 0 Å². The average molecular weight is 648 g/mol. The fourth-order valence-corrected chi connectivity index (χ4v) is 7.28. The summed E-state index contributed by atoms with van der Waals surface area (Å²) in [6, 6.07) is 16.2. The van der Waals surface area contributed by atoms with Gasteiger partial charge in [-0.05, 0) is 121 Å². The second-order valence-electron chi connectivity index (χ2n) is 12.3. The topological polar surface area (TPSA) is 0 Å². The Balaban J connectivity index is 1.19. The standard InChI is InChI=1S/C50H30/c1-2-7-31(8-3-1)46-30-39(23-26-43(46)42-25-20-37-18-16-33-10-5-12-35-22-28-45(42)50(37)48(33)35)38-13-6-14-40(29-38)41-24-19-36-17-15-32-9-4-11-34-21-27-44(41)49(36)47(32)34/h1-30H/i4D,5D,9D,10D,11D,12D,15D,16D,17D,18D,19D,20D,21D,22D,24D,25D,28D. The largest absolute Gasteiger partial charge is 0.0630 e. The molecule has 0 heterocycles. The Morgan fingerprint density at radius 1 is 0.280 bits per heavy atom. The minimum atomic E-state index is -0.553. The normalized spacial score (nSPS) is 16.8. The Morgan fingerprint density at radius 2 is 0.820 bits per heavy atom. The molecule has 0 aliphatic heterocycles. The number of hydrogen-bond donors (Lipinski definition) is 0. The molecule has 0 aliphatic rings. The smallest absolute Gasteiger partial charge is 0.0622 e. The highest BCUT2D eigenvalue weighted by molar-refractivity contribution is 6.27. The molecule has 0 heteroatoms. The molecule has 0 bridgehead atoms. The lowest BCUT2D eigenvalue weighted by molar-refractivity contribution is 1.57. The third-order valence-corrected chi connectivity index (χ3v) is 9.57. The molecule has 0 fully saturated rings. The average Bonchev–Trinajstić information content (AvgIpc) is 3.31. The molecule has 0 amide bonds. The van der Waals surface area contributed by atoms with Crippen molar-refractivity contribution in [3.63, 3.8) is 0 Å². The van der Waals surface area contributed by atoms with E-state index in [1.165, 1.54) is 6.07 Å². The van der Waals surface area contributed by atoms with E-state index < -0.39 is 72.5 Å². The van der Waals surface area contributed by atoms with Gasteiger partial charge in [-0.3, -0.25) is 0 Å². The van der Waals surface area contributed by atoms with Crippen LogP contribution < -0.4 is 0 Å². The van der Waals surface area contributed by atoms with Crippen LogP contribution in [0.1, 0.15) is 23.3 Å². The van der Waals surface area contributed by atoms with Gasteiger partial charge in [0, 0.05) is 0 Å². The molecule has 0 saturated carbocycles. The summed E-state index contributed by atoms with van der Waals surface area (Å²) >= 11 is 0. The zero-order valence-electron chi connectivity index (χ0n) is 43.0. The lowest BCUT2D eigenvalue weighted by atomic mass is 9.86. The summed E-state index contributed by atoms with van der Waals surface area (Å²) < 4.78 is 152. The quantitative estimate of drug-likeness (QED) is 0.167. The van der Waals surface area contributed by atoms with Crippen molar-refractivity contribution in [2.45, 2.75) is 0 Å². The maximum Gasteiger partial charge on any atom is 0.0630 e. The first-order chi connectivity index (χ1) is 31.9. The van der Waals surface area contributed by atoms with Gasteiger partial charge < -0.3 is 0 Å². The Hall–Kier alpha value is -6.50. The molecule has 230 valence electrons. The van der Waals surface area contributed by atoms with Crippen molar-refractivity contribution in [3.8, 4) is 44.5 Å². The summed E-state index contributed by atoms with van der Waals surface area (Å²) in [7, 11) is 0. The Labute approximate surface area is 314 Å². The van der Waals surface area contributed by atoms with E-state index >= 15 is 0 Å². The molecule has 0 nitrogen and oxygen atoms in total. The van der Waals surface area contributed by atoms with Crippen molar-refractivity contribution in [2.75, 3.05) is 0 Å². The molecule has 0 spiro atoms. The minimum Gasteiger partial charge on any atom is -0.0622 e. The molecule has 0 atom stereocenters. The molecular formula is C50H30. The van der Waals surface area contributed by atoms with Crippen molar-refractivity contribution in [2.24, 2.45) is 0 Å². The number of rotatable bonds is 4. The van der Waals surface area contributed by atoms with Crippen molar-refractivity contribution in [1.82, 2.24) is 0 Å². The molecule has 0 aromatic heterocycles. The van der Waals surface area contributed by atoms with E-state index in [4.69, 9.17) is 16.4 Å². The first-order valence-electron chi connectivity index (χ1n) is 24.5. The second-order valence-corrected chi connectivity index (χ2v) is 12.3. The molecule has 11 rings (SSSR count). The zero-order chi connectivity index (χ0) is 47.6. The molecule has 50 heavy (non-hydrogen) atoms. The first-order valence-corrected chi connectivity index (χ1v) is 16.0. The van der Waals surface area contributed by atoms with Gasteiger partial charge in [0.05, 0.1) is 23.3 Å². The summed E-state index contributed by atoms with van der Waals surface area (Å²) in [4.78, 5) is 0. The van der Waals surface area contributed by atoms with Crippen LogP contribution in [0.3, 0.4) is 0 Å². The van der Waals surface area contributed by atoms with Gasteiger partial charge in [0.15, 0.2) is 0 Å². The van der Waals surface area contributed by atoms with Crippen LogP contribution in [0.25, 0.3) is 109 Å². The van der Waals surface area contributed by atoms with Crippen molar-refractivity contribution in [1.29, 1.82) is 0 Å². The summed E-state index contributed by atoms with van der Waals surface area (Å²) in [6.07, 6.45) is 0. The third-order valence-electron chi connectivity index (χ3n) is 9.57. The molecule has 0 unspecified atom stereocenters. The molecular weight excluding hydrogens is 601 g/mol. The maximum atomic E-state index is 9.48. The Morgan fingerprint density at radius 3 is 1.54 bits per heavy atom. The monoisotopic (exact) mass is 647 g/mol. The fraction of sp³-hybridized carbons (Fsp3) is 0. The minimum absolute atomic E-state index is 0.0208. The van der Waals surface area contributed by atoms with Gasteiger partial charge >= 0.3 is 0 Å².